The molecule has 1 aliphatic carbocycles. The molecule has 23 heavy (non-hydrogen) atoms. The van der Waals surface area contributed by atoms with Gasteiger partial charge in [-0.05, 0) is 57.2 Å². The molecule has 4 heteroatoms. The molecule has 2 fully saturated rings. The summed E-state index contributed by atoms with van der Waals surface area (Å²) in [5.74, 6) is 0.862. The van der Waals surface area contributed by atoms with Crippen molar-refractivity contribution in [2.45, 2.75) is 58.0 Å². The molecule has 3 heterocycles. The highest BCUT2D eigenvalue weighted by molar-refractivity contribution is 5.40. The molecule has 0 spiro atoms. The van der Waals surface area contributed by atoms with E-state index in [1.54, 1.807) is 10.5 Å². The maximum Gasteiger partial charge on any atom is 0.258 e. The Morgan fingerprint density at radius 3 is 2.91 bits per heavy atom. The van der Waals surface area contributed by atoms with Gasteiger partial charge < -0.3 is 0 Å². The molecule has 0 amide bonds. The Hall–Kier alpha value is -1.68. The minimum absolute atomic E-state index is 0.0419. The Bertz CT molecular complexity index is 765. The van der Waals surface area contributed by atoms with Crippen molar-refractivity contribution in [3.63, 3.8) is 0 Å². The van der Waals surface area contributed by atoms with Crippen LogP contribution in [0.5, 0.6) is 0 Å². The third-order valence-electron chi connectivity index (χ3n) is 5.66. The van der Waals surface area contributed by atoms with Crippen molar-refractivity contribution >= 4 is 5.65 Å². The van der Waals surface area contributed by atoms with Gasteiger partial charge in [0.1, 0.15) is 5.65 Å². The molecule has 4 rings (SSSR count). The molecule has 122 valence electrons. The molecule has 0 radical (unpaired) electrons. The highest BCUT2D eigenvalue weighted by Gasteiger charge is 2.33. The molecular formula is C19H25N3O. The van der Waals surface area contributed by atoms with Crippen molar-refractivity contribution in [2.75, 3.05) is 6.54 Å². The number of piperidine rings is 1. The van der Waals surface area contributed by atoms with E-state index in [1.165, 1.54) is 38.5 Å². The van der Waals surface area contributed by atoms with E-state index in [9.17, 15) is 4.79 Å². The summed E-state index contributed by atoms with van der Waals surface area (Å²) < 4.78 is 1.70. The van der Waals surface area contributed by atoms with Crippen LogP contribution in [0.15, 0.2) is 29.1 Å². The second kappa shape index (κ2) is 6.08. The first-order valence-electron chi connectivity index (χ1n) is 8.95. The summed E-state index contributed by atoms with van der Waals surface area (Å²) in [6.45, 7) is 3.92. The van der Waals surface area contributed by atoms with Gasteiger partial charge in [0.15, 0.2) is 0 Å². The van der Waals surface area contributed by atoms with Crippen LogP contribution in [-0.4, -0.2) is 26.9 Å². The van der Waals surface area contributed by atoms with Crippen LogP contribution in [-0.2, 0) is 6.54 Å². The predicted octanol–water partition coefficient (Wildman–Crippen LogP) is 3.16. The van der Waals surface area contributed by atoms with Crippen LogP contribution in [0.3, 0.4) is 0 Å². The molecule has 2 aliphatic rings. The number of pyridine rings is 1. The van der Waals surface area contributed by atoms with Crippen LogP contribution in [0.1, 0.15) is 49.9 Å². The average Bonchev–Trinajstić information content (AvgIpc) is 2.55. The maximum absolute atomic E-state index is 12.4. The van der Waals surface area contributed by atoms with Gasteiger partial charge in [-0.3, -0.25) is 14.1 Å². The molecule has 2 aromatic heterocycles. The monoisotopic (exact) mass is 311 g/mol. The van der Waals surface area contributed by atoms with Gasteiger partial charge in [0, 0.05) is 24.3 Å². The highest BCUT2D eigenvalue weighted by atomic mass is 16.1. The lowest BCUT2D eigenvalue weighted by Gasteiger charge is -2.44. The van der Waals surface area contributed by atoms with Crippen molar-refractivity contribution in [3.8, 4) is 0 Å². The maximum atomic E-state index is 12.4. The van der Waals surface area contributed by atoms with E-state index in [0.717, 1.165) is 36.0 Å². The molecule has 2 aromatic rings. The Balaban J connectivity index is 1.63. The number of fused-ring (bicyclic) bond motifs is 2. The van der Waals surface area contributed by atoms with E-state index in [-0.39, 0.29) is 5.56 Å². The van der Waals surface area contributed by atoms with E-state index < -0.39 is 0 Å². The number of aryl methyl sites for hydroxylation is 1. The first kappa shape index (κ1) is 14.9. The number of hydrogen-bond acceptors (Lipinski definition) is 3. The molecule has 1 aliphatic heterocycles. The van der Waals surface area contributed by atoms with Gasteiger partial charge in [0.05, 0.1) is 5.69 Å². The molecular weight excluding hydrogens is 286 g/mol. The number of aromatic nitrogens is 2. The summed E-state index contributed by atoms with van der Waals surface area (Å²) in [6.07, 6.45) is 8.11. The summed E-state index contributed by atoms with van der Waals surface area (Å²) >= 11 is 0. The van der Waals surface area contributed by atoms with Crippen LogP contribution >= 0.6 is 0 Å². The van der Waals surface area contributed by atoms with E-state index >= 15 is 0 Å². The van der Waals surface area contributed by atoms with Gasteiger partial charge in [-0.1, -0.05) is 18.9 Å². The van der Waals surface area contributed by atoms with Crippen molar-refractivity contribution in [1.29, 1.82) is 0 Å². The van der Waals surface area contributed by atoms with Gasteiger partial charge in [-0.15, -0.1) is 0 Å². The van der Waals surface area contributed by atoms with Gasteiger partial charge in [0.2, 0.25) is 0 Å². The second-order valence-electron chi connectivity index (χ2n) is 7.17. The molecule has 0 aromatic carbocycles. The number of likely N-dealkylation sites (tertiary alicyclic amines) is 1. The molecule has 4 nitrogen and oxygen atoms in total. The molecule has 0 unspecified atom stereocenters. The van der Waals surface area contributed by atoms with Gasteiger partial charge in [-0.25, -0.2) is 4.98 Å². The van der Waals surface area contributed by atoms with E-state index in [0.29, 0.717) is 6.04 Å². The minimum atomic E-state index is 0.0419. The summed E-state index contributed by atoms with van der Waals surface area (Å²) in [4.78, 5) is 19.8. The fraction of sp³-hybridized carbons (Fsp3) is 0.579. The van der Waals surface area contributed by atoms with Crippen LogP contribution in [0.2, 0.25) is 0 Å². The number of hydrogen-bond donors (Lipinski definition) is 0. The van der Waals surface area contributed by atoms with Crippen LogP contribution in [0, 0.1) is 12.8 Å². The van der Waals surface area contributed by atoms with Gasteiger partial charge in [0.25, 0.3) is 5.56 Å². The molecule has 1 saturated heterocycles. The van der Waals surface area contributed by atoms with Crippen molar-refractivity contribution in [3.05, 3.63) is 46.0 Å². The predicted molar refractivity (Wildman–Crippen MR) is 91.6 cm³/mol. The summed E-state index contributed by atoms with van der Waals surface area (Å²) in [6, 6.07) is 8.28. The zero-order valence-corrected chi connectivity index (χ0v) is 13.9. The fourth-order valence-corrected chi connectivity index (χ4v) is 4.58. The SMILES string of the molecule is Cc1cccc2nc(CN3CCC[C@H]4CCCC[C@@H]43)cc(=O)n12. The second-order valence-corrected chi connectivity index (χ2v) is 7.17. The smallest absolute Gasteiger partial charge is 0.258 e. The molecule has 0 N–H and O–H groups in total. The lowest BCUT2D eigenvalue weighted by atomic mass is 9.78. The number of rotatable bonds is 2. The van der Waals surface area contributed by atoms with Gasteiger partial charge >= 0.3 is 0 Å². The van der Waals surface area contributed by atoms with E-state index in [2.05, 4.69) is 4.90 Å². The fourth-order valence-electron chi connectivity index (χ4n) is 4.58. The Labute approximate surface area is 137 Å². The Morgan fingerprint density at radius 1 is 1.17 bits per heavy atom. The van der Waals surface area contributed by atoms with Crippen molar-refractivity contribution < 1.29 is 0 Å². The quantitative estimate of drug-likeness (QED) is 0.855. The Morgan fingerprint density at radius 2 is 2.00 bits per heavy atom. The van der Waals surface area contributed by atoms with Crippen LogP contribution in [0.4, 0.5) is 0 Å². The zero-order chi connectivity index (χ0) is 15.8. The van der Waals surface area contributed by atoms with Crippen LogP contribution < -0.4 is 5.56 Å². The first-order chi connectivity index (χ1) is 11.2. The molecule has 1 saturated carbocycles. The van der Waals surface area contributed by atoms with Gasteiger partial charge in [-0.2, -0.15) is 0 Å². The average molecular weight is 311 g/mol. The standard InChI is InChI=1S/C19H25N3O/c1-14-6-4-10-18-20-16(12-19(23)22(14)18)13-21-11-5-8-15-7-2-3-9-17(15)21/h4,6,10,12,15,17H,2-3,5,7-9,11,13H2,1H3/t15-,17+/m1/s1. The van der Waals surface area contributed by atoms with Crippen LogP contribution in [0.25, 0.3) is 5.65 Å². The summed E-state index contributed by atoms with van der Waals surface area (Å²) in [7, 11) is 0. The van der Waals surface area contributed by atoms with Crippen molar-refractivity contribution in [1.82, 2.24) is 14.3 Å². The highest BCUT2D eigenvalue weighted by Crippen LogP contribution is 2.35. The molecule has 2 atom stereocenters. The topological polar surface area (TPSA) is 37.6 Å². The normalized spacial score (nSPS) is 25.4. The lowest BCUT2D eigenvalue weighted by molar-refractivity contribution is 0.0537. The minimum Gasteiger partial charge on any atom is -0.294 e. The number of nitrogens with zero attached hydrogens (tertiary/aromatic N) is 3. The third-order valence-corrected chi connectivity index (χ3v) is 5.66. The third kappa shape index (κ3) is 2.80. The Kier molecular flexibility index (Phi) is 3.93. The van der Waals surface area contributed by atoms with E-state index in [1.807, 2.05) is 25.1 Å². The zero-order valence-electron chi connectivity index (χ0n) is 13.9. The molecule has 0 bridgehead atoms. The van der Waals surface area contributed by atoms with E-state index in [4.69, 9.17) is 4.98 Å². The summed E-state index contributed by atoms with van der Waals surface area (Å²) in [5, 5.41) is 0. The van der Waals surface area contributed by atoms with Crippen molar-refractivity contribution in [2.24, 2.45) is 5.92 Å². The largest absolute Gasteiger partial charge is 0.294 e. The first-order valence-corrected chi connectivity index (χ1v) is 8.95. The lowest BCUT2D eigenvalue weighted by Crippen LogP contribution is -2.46. The summed E-state index contributed by atoms with van der Waals surface area (Å²) in [5.41, 5.74) is 2.67.